The molecule has 0 aliphatic carbocycles. The maximum atomic E-state index is 6.15. The van der Waals surface area contributed by atoms with E-state index in [1.54, 1.807) is 16.8 Å². The first kappa shape index (κ1) is 11.5. The van der Waals surface area contributed by atoms with Gasteiger partial charge in [0.2, 0.25) is 0 Å². The predicted octanol–water partition coefficient (Wildman–Crippen LogP) is 2.29. The number of hydrogen-bond donors (Lipinski definition) is 0. The summed E-state index contributed by atoms with van der Waals surface area (Å²) in [5.74, 6) is 2.01. The van der Waals surface area contributed by atoms with Crippen molar-refractivity contribution >= 4 is 17.2 Å². The first-order valence-corrected chi connectivity index (χ1v) is 6.44. The van der Waals surface area contributed by atoms with E-state index in [1.807, 2.05) is 24.3 Å². The SMILES string of the molecule is Clc1cncc2nnc(C3COc4ccccc4O3)n12. The molecule has 0 amide bonds. The van der Waals surface area contributed by atoms with Gasteiger partial charge in [0, 0.05) is 0 Å². The van der Waals surface area contributed by atoms with E-state index in [0.29, 0.717) is 29.0 Å². The number of rotatable bonds is 1. The van der Waals surface area contributed by atoms with Gasteiger partial charge >= 0.3 is 0 Å². The Hall–Kier alpha value is -2.34. The second-order valence-corrected chi connectivity index (χ2v) is 4.73. The smallest absolute Gasteiger partial charge is 0.192 e. The molecule has 0 saturated heterocycles. The molecule has 0 radical (unpaired) electrons. The Morgan fingerprint density at radius 1 is 1.15 bits per heavy atom. The van der Waals surface area contributed by atoms with Crippen molar-refractivity contribution in [3.05, 3.63) is 47.6 Å². The van der Waals surface area contributed by atoms with Crippen molar-refractivity contribution in [2.45, 2.75) is 6.10 Å². The lowest BCUT2D eigenvalue weighted by atomic mass is 10.2. The van der Waals surface area contributed by atoms with Crippen LogP contribution < -0.4 is 9.47 Å². The summed E-state index contributed by atoms with van der Waals surface area (Å²) in [5.41, 5.74) is 0.579. The highest BCUT2D eigenvalue weighted by Gasteiger charge is 2.27. The molecular formula is C13H9ClN4O2. The number of halogens is 1. The standard InChI is InChI=1S/C13H9ClN4O2/c14-11-5-15-6-12-16-17-13(18(11)12)10-7-19-8-3-1-2-4-9(8)20-10/h1-6,10H,7H2. The molecule has 100 valence electrons. The van der Waals surface area contributed by atoms with Gasteiger partial charge in [0.25, 0.3) is 0 Å². The van der Waals surface area contributed by atoms with Gasteiger partial charge in [-0.3, -0.25) is 9.38 Å². The first-order chi connectivity index (χ1) is 9.83. The molecule has 2 aromatic heterocycles. The molecule has 3 heterocycles. The molecule has 1 aliphatic rings. The molecule has 0 saturated carbocycles. The molecule has 4 rings (SSSR count). The summed E-state index contributed by atoms with van der Waals surface area (Å²) in [5, 5.41) is 8.61. The third kappa shape index (κ3) is 1.69. The maximum absolute atomic E-state index is 6.15. The number of hydrogen-bond acceptors (Lipinski definition) is 5. The van der Waals surface area contributed by atoms with Crippen LogP contribution in [0.1, 0.15) is 11.9 Å². The minimum atomic E-state index is -0.361. The highest BCUT2D eigenvalue weighted by atomic mass is 35.5. The third-order valence-corrected chi connectivity index (χ3v) is 3.36. The second kappa shape index (κ2) is 4.35. The maximum Gasteiger partial charge on any atom is 0.192 e. The van der Waals surface area contributed by atoms with Crippen molar-refractivity contribution in [2.75, 3.05) is 6.61 Å². The van der Waals surface area contributed by atoms with E-state index in [9.17, 15) is 0 Å². The van der Waals surface area contributed by atoms with Crippen molar-refractivity contribution in [3.8, 4) is 11.5 Å². The van der Waals surface area contributed by atoms with Gasteiger partial charge in [-0.05, 0) is 12.1 Å². The summed E-state index contributed by atoms with van der Waals surface area (Å²) in [6.45, 7) is 0.358. The number of aromatic nitrogens is 4. The summed E-state index contributed by atoms with van der Waals surface area (Å²) in [4.78, 5) is 3.98. The van der Waals surface area contributed by atoms with Crippen LogP contribution in [0.3, 0.4) is 0 Å². The van der Waals surface area contributed by atoms with Gasteiger partial charge in [-0.25, -0.2) is 0 Å². The fourth-order valence-electron chi connectivity index (χ4n) is 2.19. The van der Waals surface area contributed by atoms with E-state index in [-0.39, 0.29) is 6.10 Å². The van der Waals surface area contributed by atoms with E-state index in [1.165, 1.54) is 0 Å². The van der Waals surface area contributed by atoms with Gasteiger partial charge in [-0.15, -0.1) is 10.2 Å². The minimum absolute atomic E-state index is 0.358. The Morgan fingerprint density at radius 3 is 2.90 bits per heavy atom. The third-order valence-electron chi connectivity index (χ3n) is 3.09. The molecule has 20 heavy (non-hydrogen) atoms. The molecule has 0 fully saturated rings. The predicted molar refractivity (Wildman–Crippen MR) is 71.1 cm³/mol. The quantitative estimate of drug-likeness (QED) is 0.687. The molecule has 3 aromatic rings. The Balaban J connectivity index is 1.78. The first-order valence-electron chi connectivity index (χ1n) is 6.06. The number of benzene rings is 1. The lowest BCUT2D eigenvalue weighted by Gasteiger charge is -2.25. The number of ether oxygens (including phenoxy) is 2. The average molecular weight is 289 g/mol. The van der Waals surface area contributed by atoms with E-state index in [0.717, 1.165) is 5.75 Å². The molecule has 0 bridgehead atoms. The lowest BCUT2D eigenvalue weighted by molar-refractivity contribution is 0.0843. The fraction of sp³-hybridized carbons (Fsp3) is 0.154. The van der Waals surface area contributed by atoms with Gasteiger partial charge < -0.3 is 9.47 Å². The van der Waals surface area contributed by atoms with Crippen molar-refractivity contribution in [2.24, 2.45) is 0 Å². The van der Waals surface area contributed by atoms with Crippen molar-refractivity contribution in [1.82, 2.24) is 19.6 Å². The summed E-state index contributed by atoms with van der Waals surface area (Å²) >= 11 is 6.15. The van der Waals surface area contributed by atoms with E-state index in [4.69, 9.17) is 21.1 Å². The van der Waals surface area contributed by atoms with Gasteiger partial charge in [0.15, 0.2) is 29.1 Å². The van der Waals surface area contributed by atoms with E-state index >= 15 is 0 Å². The van der Waals surface area contributed by atoms with Crippen molar-refractivity contribution in [1.29, 1.82) is 0 Å². The zero-order chi connectivity index (χ0) is 13.5. The number of fused-ring (bicyclic) bond motifs is 2. The number of nitrogens with zero attached hydrogens (tertiary/aromatic N) is 4. The lowest BCUT2D eigenvalue weighted by Crippen LogP contribution is -2.23. The van der Waals surface area contributed by atoms with Crippen LogP contribution in [0.4, 0.5) is 0 Å². The molecule has 0 spiro atoms. The zero-order valence-electron chi connectivity index (χ0n) is 10.2. The van der Waals surface area contributed by atoms with Crippen molar-refractivity contribution < 1.29 is 9.47 Å². The summed E-state index contributed by atoms with van der Waals surface area (Å²) in [6.07, 6.45) is 2.78. The molecule has 0 N–H and O–H groups in total. The molecule has 1 atom stereocenters. The normalized spacial score (nSPS) is 17.4. The van der Waals surface area contributed by atoms with Gasteiger partial charge in [0.1, 0.15) is 11.8 Å². The Kier molecular flexibility index (Phi) is 2.50. The van der Waals surface area contributed by atoms with Gasteiger partial charge in [-0.2, -0.15) is 0 Å². The van der Waals surface area contributed by atoms with Crippen molar-refractivity contribution in [3.63, 3.8) is 0 Å². The average Bonchev–Trinajstić information content (AvgIpc) is 2.92. The van der Waals surface area contributed by atoms with E-state index < -0.39 is 0 Å². The Morgan fingerprint density at radius 2 is 2.00 bits per heavy atom. The van der Waals surface area contributed by atoms with Crippen LogP contribution in [0, 0.1) is 0 Å². The largest absolute Gasteiger partial charge is 0.485 e. The summed E-state index contributed by atoms with van der Waals surface area (Å²) < 4.78 is 13.3. The molecule has 1 aromatic carbocycles. The topological polar surface area (TPSA) is 61.5 Å². The monoisotopic (exact) mass is 288 g/mol. The highest BCUT2D eigenvalue weighted by Crippen LogP contribution is 2.35. The fourth-order valence-corrected chi connectivity index (χ4v) is 2.42. The van der Waals surface area contributed by atoms with Crippen LogP contribution in [0.15, 0.2) is 36.7 Å². The molecule has 1 unspecified atom stereocenters. The molecule has 7 heteroatoms. The molecule has 1 aliphatic heterocycles. The van der Waals surface area contributed by atoms with E-state index in [2.05, 4.69) is 15.2 Å². The van der Waals surface area contributed by atoms with Crippen LogP contribution in [0.25, 0.3) is 5.65 Å². The second-order valence-electron chi connectivity index (χ2n) is 4.35. The van der Waals surface area contributed by atoms with Crippen LogP contribution in [0.2, 0.25) is 5.15 Å². The summed E-state index contributed by atoms with van der Waals surface area (Å²) in [6, 6.07) is 7.51. The Labute approximate surface area is 118 Å². The highest BCUT2D eigenvalue weighted by molar-refractivity contribution is 6.29. The van der Waals surface area contributed by atoms with Crippen LogP contribution in [-0.4, -0.2) is 26.2 Å². The van der Waals surface area contributed by atoms with Crippen LogP contribution in [0.5, 0.6) is 11.5 Å². The molecule has 6 nitrogen and oxygen atoms in total. The van der Waals surface area contributed by atoms with Crippen LogP contribution in [-0.2, 0) is 0 Å². The number of para-hydroxylation sites is 2. The summed E-state index contributed by atoms with van der Waals surface area (Å²) in [7, 11) is 0. The minimum Gasteiger partial charge on any atom is -0.485 e. The van der Waals surface area contributed by atoms with Crippen LogP contribution >= 0.6 is 11.6 Å². The Bertz CT molecular complexity index is 789. The molecular weight excluding hydrogens is 280 g/mol. The van der Waals surface area contributed by atoms with Gasteiger partial charge in [0.05, 0.1) is 12.4 Å². The zero-order valence-corrected chi connectivity index (χ0v) is 11.0. The van der Waals surface area contributed by atoms with Gasteiger partial charge in [-0.1, -0.05) is 23.7 Å².